The Morgan fingerprint density at radius 3 is 2.80 bits per heavy atom. The van der Waals surface area contributed by atoms with Crippen LogP contribution in [0.15, 0.2) is 42.7 Å². The van der Waals surface area contributed by atoms with Gasteiger partial charge in [-0.1, -0.05) is 19.1 Å². The molecule has 4 rings (SSSR count). The van der Waals surface area contributed by atoms with Crippen molar-refractivity contribution in [3.63, 3.8) is 0 Å². The van der Waals surface area contributed by atoms with Crippen molar-refractivity contribution in [3.8, 4) is 11.5 Å². The van der Waals surface area contributed by atoms with E-state index in [1.54, 1.807) is 24.3 Å². The van der Waals surface area contributed by atoms with Gasteiger partial charge in [-0.3, -0.25) is 4.79 Å². The Hall–Kier alpha value is -2.31. The van der Waals surface area contributed by atoms with Crippen LogP contribution in [0.25, 0.3) is 0 Å². The monoisotopic (exact) mass is 344 g/mol. The molecule has 6 heteroatoms. The zero-order valence-electron chi connectivity index (χ0n) is 13.8. The summed E-state index contributed by atoms with van der Waals surface area (Å²) < 4.78 is 10.7. The highest BCUT2D eigenvalue weighted by molar-refractivity contribution is 6.03. The molecule has 2 bridgehead atoms. The molecule has 5 atom stereocenters. The number of rotatable bonds is 3. The lowest BCUT2D eigenvalue weighted by molar-refractivity contribution is -0.154. The molecular formula is C19H20O6. The Morgan fingerprint density at radius 1 is 1.36 bits per heavy atom. The molecule has 1 saturated carbocycles. The second kappa shape index (κ2) is 5.09. The van der Waals surface area contributed by atoms with Gasteiger partial charge in [-0.2, -0.15) is 0 Å². The lowest BCUT2D eigenvalue weighted by Gasteiger charge is -2.38. The van der Waals surface area contributed by atoms with Crippen LogP contribution in [-0.2, 0) is 4.79 Å². The molecule has 25 heavy (non-hydrogen) atoms. The average Bonchev–Trinajstić information content (AvgIpc) is 3.09. The van der Waals surface area contributed by atoms with E-state index in [1.807, 2.05) is 6.92 Å². The van der Waals surface area contributed by atoms with Crippen molar-refractivity contribution in [1.29, 1.82) is 0 Å². The van der Waals surface area contributed by atoms with Gasteiger partial charge in [-0.05, 0) is 36.1 Å². The van der Waals surface area contributed by atoms with Gasteiger partial charge in [0.05, 0.1) is 0 Å². The number of aliphatic hydroxyl groups excluding tert-OH is 2. The number of fused-ring (bicyclic) bond motifs is 3. The van der Waals surface area contributed by atoms with E-state index in [0.29, 0.717) is 23.5 Å². The Morgan fingerprint density at radius 2 is 2.08 bits per heavy atom. The quantitative estimate of drug-likeness (QED) is 0.724. The smallest absolute Gasteiger partial charge is 0.231 e. The first-order chi connectivity index (χ1) is 11.9. The first-order valence-corrected chi connectivity index (χ1v) is 8.23. The van der Waals surface area contributed by atoms with Crippen LogP contribution in [-0.4, -0.2) is 39.6 Å². The molecule has 0 aromatic heterocycles. The maximum absolute atomic E-state index is 12.6. The molecule has 0 unspecified atom stereocenters. The summed E-state index contributed by atoms with van der Waals surface area (Å²) in [5.74, 6) is -1.26. The summed E-state index contributed by atoms with van der Waals surface area (Å²) in [5.41, 5.74) is -2.41. The number of allylic oxidation sites excluding steroid dienone is 1. The third kappa shape index (κ3) is 1.84. The maximum atomic E-state index is 12.6. The zero-order chi connectivity index (χ0) is 18.0. The molecule has 3 N–H and O–H groups in total. The Balaban J connectivity index is 1.89. The van der Waals surface area contributed by atoms with E-state index < -0.39 is 34.6 Å². The summed E-state index contributed by atoms with van der Waals surface area (Å²) >= 11 is 0. The predicted octanol–water partition coefficient (Wildman–Crippen LogP) is 1.83. The van der Waals surface area contributed by atoms with Crippen LogP contribution in [0.3, 0.4) is 0 Å². The van der Waals surface area contributed by atoms with Crippen LogP contribution in [0.2, 0.25) is 0 Å². The van der Waals surface area contributed by atoms with Crippen LogP contribution >= 0.6 is 0 Å². The van der Waals surface area contributed by atoms with Crippen LogP contribution in [0.4, 0.5) is 0 Å². The molecular weight excluding hydrogens is 324 g/mol. The molecule has 0 radical (unpaired) electrons. The lowest BCUT2D eigenvalue weighted by Crippen LogP contribution is -2.56. The summed E-state index contributed by atoms with van der Waals surface area (Å²) in [6.45, 7) is 5.70. The van der Waals surface area contributed by atoms with Gasteiger partial charge in [0.25, 0.3) is 0 Å². The fourth-order valence-electron chi connectivity index (χ4n) is 4.78. The van der Waals surface area contributed by atoms with Crippen LogP contribution in [0, 0.1) is 11.3 Å². The number of benzene rings is 1. The molecule has 1 heterocycles. The van der Waals surface area contributed by atoms with E-state index in [1.165, 1.54) is 6.08 Å². The lowest BCUT2D eigenvalue weighted by atomic mass is 9.70. The fraction of sp³-hybridized carbons (Fsp3) is 0.421. The van der Waals surface area contributed by atoms with Crippen LogP contribution in [0.5, 0.6) is 11.5 Å². The largest absolute Gasteiger partial charge is 0.505 e. The summed E-state index contributed by atoms with van der Waals surface area (Å²) in [6.07, 6.45) is 2.00. The van der Waals surface area contributed by atoms with E-state index in [2.05, 4.69) is 6.58 Å². The Bertz CT molecular complexity index is 799. The van der Waals surface area contributed by atoms with Crippen molar-refractivity contribution in [2.24, 2.45) is 11.3 Å². The van der Waals surface area contributed by atoms with Gasteiger partial charge in [0.15, 0.2) is 22.9 Å². The second-order valence-corrected chi connectivity index (χ2v) is 7.07. The minimum atomic E-state index is -2.10. The third-order valence-corrected chi connectivity index (χ3v) is 6.00. The number of hydrogen-bond donors (Lipinski definition) is 3. The highest BCUT2D eigenvalue weighted by Crippen LogP contribution is 2.62. The summed E-state index contributed by atoms with van der Waals surface area (Å²) in [6, 6.07) is 5.20. The van der Waals surface area contributed by atoms with E-state index in [9.17, 15) is 20.1 Å². The summed E-state index contributed by atoms with van der Waals surface area (Å²) in [4.78, 5) is 12.6. The minimum Gasteiger partial charge on any atom is -0.505 e. The highest BCUT2D eigenvalue weighted by atomic mass is 16.7. The number of ether oxygens (including phenoxy) is 2. The number of carbonyl (C=O) groups excluding carboxylic acids is 1. The SMILES string of the molecule is C=CC[C@@]12C=C(O)C(=O)[C@](O)([C@H](c3ccc4c(c3)OCO4)[C@H]1C)[C@H]2O. The minimum absolute atomic E-state index is 0.119. The molecule has 1 fully saturated rings. The average molecular weight is 344 g/mol. The molecule has 0 amide bonds. The van der Waals surface area contributed by atoms with Crippen molar-refractivity contribution in [1.82, 2.24) is 0 Å². The molecule has 1 aromatic carbocycles. The van der Waals surface area contributed by atoms with Gasteiger partial charge in [0.1, 0.15) is 6.10 Å². The third-order valence-electron chi connectivity index (χ3n) is 6.00. The number of ketones is 1. The number of hydrogen-bond acceptors (Lipinski definition) is 6. The molecule has 132 valence electrons. The van der Waals surface area contributed by atoms with Crippen LogP contribution in [0.1, 0.15) is 24.8 Å². The number of aliphatic hydroxyl groups is 3. The fourth-order valence-corrected chi connectivity index (χ4v) is 4.78. The summed E-state index contributed by atoms with van der Waals surface area (Å²) in [7, 11) is 0. The van der Waals surface area contributed by atoms with Crippen LogP contribution < -0.4 is 9.47 Å². The first-order valence-electron chi connectivity index (χ1n) is 8.23. The zero-order valence-corrected chi connectivity index (χ0v) is 13.8. The second-order valence-electron chi connectivity index (χ2n) is 7.07. The van der Waals surface area contributed by atoms with Crippen molar-refractivity contribution in [3.05, 3.63) is 48.3 Å². The predicted molar refractivity (Wildman–Crippen MR) is 88.4 cm³/mol. The Labute approximate surface area is 145 Å². The number of carbonyl (C=O) groups is 1. The van der Waals surface area contributed by atoms with E-state index >= 15 is 0 Å². The molecule has 0 saturated heterocycles. The molecule has 3 aliphatic rings. The van der Waals surface area contributed by atoms with Crippen molar-refractivity contribution in [2.45, 2.75) is 31.0 Å². The standard InChI is InChI=1S/C19H20O6/c1-3-6-18-8-12(20)16(21)19(23,17(18)22)15(10(18)2)11-4-5-13-14(7-11)25-9-24-13/h3-5,7-8,10,15,17,20,22-23H,1,6,9H2,2H3/t10-,15+,17+,18-,19-/m1/s1. The number of Topliss-reactive ketones (excluding diaryl/α,β-unsaturated/α-hetero) is 1. The molecule has 0 spiro atoms. The first kappa shape index (κ1) is 16.2. The van der Waals surface area contributed by atoms with Gasteiger partial charge in [0, 0.05) is 11.3 Å². The molecule has 1 aliphatic heterocycles. The van der Waals surface area contributed by atoms with E-state index in [-0.39, 0.29) is 12.7 Å². The summed E-state index contributed by atoms with van der Waals surface area (Å²) in [5, 5.41) is 32.3. The molecule has 1 aromatic rings. The topological polar surface area (TPSA) is 96.2 Å². The van der Waals surface area contributed by atoms with Gasteiger partial charge < -0.3 is 24.8 Å². The molecule has 2 aliphatic carbocycles. The van der Waals surface area contributed by atoms with Gasteiger partial charge in [-0.25, -0.2) is 0 Å². The Kier molecular flexibility index (Phi) is 3.30. The molecule has 6 nitrogen and oxygen atoms in total. The van der Waals surface area contributed by atoms with E-state index in [4.69, 9.17) is 9.47 Å². The van der Waals surface area contributed by atoms with E-state index in [0.717, 1.165) is 0 Å². The van der Waals surface area contributed by atoms with Gasteiger partial charge in [0.2, 0.25) is 12.6 Å². The normalized spacial score (nSPS) is 38.6. The van der Waals surface area contributed by atoms with Gasteiger partial charge in [-0.15, -0.1) is 6.58 Å². The van der Waals surface area contributed by atoms with Crippen molar-refractivity contribution < 1.29 is 29.6 Å². The highest BCUT2D eigenvalue weighted by Gasteiger charge is 2.71. The maximum Gasteiger partial charge on any atom is 0.231 e. The van der Waals surface area contributed by atoms with Crippen molar-refractivity contribution in [2.75, 3.05) is 6.79 Å². The van der Waals surface area contributed by atoms with Gasteiger partial charge >= 0.3 is 0 Å². The van der Waals surface area contributed by atoms with Crippen molar-refractivity contribution >= 4 is 5.78 Å².